The van der Waals surface area contributed by atoms with Crippen LogP contribution >= 0.6 is 0 Å². The first kappa shape index (κ1) is 15.2. The van der Waals surface area contributed by atoms with E-state index in [0.29, 0.717) is 18.5 Å². The van der Waals surface area contributed by atoms with Gasteiger partial charge in [0, 0.05) is 12.1 Å². The average Bonchev–Trinajstić information content (AvgIpc) is 2.37. The molecule has 0 aromatic heterocycles. The van der Waals surface area contributed by atoms with E-state index in [2.05, 4.69) is 5.32 Å². The third-order valence-electron chi connectivity index (χ3n) is 2.76. The average molecular weight is 264 g/mol. The summed E-state index contributed by atoms with van der Waals surface area (Å²) in [7, 11) is 0. The summed E-state index contributed by atoms with van der Waals surface area (Å²) in [6, 6.07) is 6.66. The minimum Gasteiger partial charge on any atom is -0.481 e. The van der Waals surface area contributed by atoms with E-state index in [1.54, 1.807) is 18.2 Å². The summed E-state index contributed by atoms with van der Waals surface area (Å²) in [5.41, 5.74) is 7.25. The monoisotopic (exact) mass is 264 g/mol. The highest BCUT2D eigenvalue weighted by atomic mass is 16.4. The summed E-state index contributed by atoms with van der Waals surface area (Å²) in [5.74, 6) is -1.04. The molecule has 0 spiro atoms. The zero-order valence-corrected chi connectivity index (χ0v) is 11.1. The quantitative estimate of drug-likeness (QED) is 0.699. The molecule has 1 amide bonds. The molecule has 1 rings (SSSR count). The molecule has 19 heavy (non-hydrogen) atoms. The number of carboxylic acids is 1. The first-order valence-corrected chi connectivity index (χ1v) is 6.40. The Labute approximate surface area is 112 Å². The second kappa shape index (κ2) is 7.53. The summed E-state index contributed by atoms with van der Waals surface area (Å²) >= 11 is 0. The number of hydrogen-bond acceptors (Lipinski definition) is 3. The van der Waals surface area contributed by atoms with E-state index in [4.69, 9.17) is 10.8 Å². The van der Waals surface area contributed by atoms with Gasteiger partial charge in [0.2, 0.25) is 5.91 Å². The predicted octanol–water partition coefficient (Wildman–Crippen LogP) is 1.77. The molecular weight excluding hydrogens is 244 g/mol. The minimum absolute atomic E-state index is 0.0761. The first-order chi connectivity index (χ1) is 9.02. The van der Waals surface area contributed by atoms with E-state index < -0.39 is 12.0 Å². The Morgan fingerprint density at radius 2 is 2.16 bits per heavy atom. The van der Waals surface area contributed by atoms with Gasteiger partial charge in [-0.3, -0.25) is 9.59 Å². The highest BCUT2D eigenvalue weighted by Gasteiger charge is 2.12. The Hall–Kier alpha value is -1.88. The number of benzene rings is 1. The molecule has 104 valence electrons. The van der Waals surface area contributed by atoms with Crippen molar-refractivity contribution < 1.29 is 14.7 Å². The number of carboxylic acid groups (broad SMARTS) is 1. The number of aliphatic carboxylic acids is 1. The minimum atomic E-state index is -0.834. The molecule has 0 bridgehead atoms. The lowest BCUT2D eigenvalue weighted by atomic mass is 10.1. The van der Waals surface area contributed by atoms with Crippen LogP contribution in [0, 0.1) is 0 Å². The number of aryl methyl sites for hydroxylation is 1. The number of anilines is 1. The second-order valence-electron chi connectivity index (χ2n) is 4.48. The van der Waals surface area contributed by atoms with Crippen LogP contribution in [0.1, 0.15) is 31.7 Å². The molecule has 5 heteroatoms. The molecule has 0 saturated heterocycles. The largest absolute Gasteiger partial charge is 0.481 e. The fourth-order valence-corrected chi connectivity index (χ4v) is 1.73. The van der Waals surface area contributed by atoms with E-state index in [0.717, 1.165) is 12.0 Å². The zero-order chi connectivity index (χ0) is 14.3. The van der Waals surface area contributed by atoms with Crippen molar-refractivity contribution >= 4 is 17.6 Å². The van der Waals surface area contributed by atoms with Gasteiger partial charge in [-0.2, -0.15) is 0 Å². The lowest BCUT2D eigenvalue weighted by molar-refractivity contribution is -0.137. The first-order valence-electron chi connectivity index (χ1n) is 6.40. The number of amides is 1. The van der Waals surface area contributed by atoms with Crippen LogP contribution in [0.5, 0.6) is 0 Å². The van der Waals surface area contributed by atoms with Gasteiger partial charge in [-0.25, -0.2) is 0 Å². The number of nitrogens with one attached hydrogen (secondary N) is 1. The van der Waals surface area contributed by atoms with Gasteiger partial charge in [0.1, 0.15) is 0 Å². The van der Waals surface area contributed by atoms with Crippen LogP contribution < -0.4 is 11.1 Å². The smallest absolute Gasteiger partial charge is 0.303 e. The molecular formula is C14H20N2O3. The Kier molecular flexibility index (Phi) is 6.02. The van der Waals surface area contributed by atoms with Crippen molar-refractivity contribution in [2.45, 2.75) is 38.6 Å². The van der Waals surface area contributed by atoms with E-state index in [-0.39, 0.29) is 12.3 Å². The molecule has 1 aromatic carbocycles. The molecule has 0 saturated carbocycles. The third-order valence-corrected chi connectivity index (χ3v) is 2.76. The van der Waals surface area contributed by atoms with Crippen LogP contribution in [0.4, 0.5) is 5.69 Å². The zero-order valence-electron chi connectivity index (χ0n) is 11.1. The van der Waals surface area contributed by atoms with Gasteiger partial charge in [0.15, 0.2) is 0 Å². The third kappa shape index (κ3) is 5.52. The standard InChI is InChI=1S/C14H20N2O3/c1-2-4-12(15)14(19)16-11-6-3-5-10(9-11)7-8-13(17)18/h3,5-6,9,12H,2,4,7-8,15H2,1H3,(H,16,19)(H,17,18)/t12-/m0/s1. The number of carbonyl (C=O) groups excluding carboxylic acids is 1. The number of rotatable bonds is 7. The molecule has 0 fully saturated rings. The van der Waals surface area contributed by atoms with Crippen LogP contribution in [-0.2, 0) is 16.0 Å². The van der Waals surface area contributed by atoms with E-state index in [1.165, 1.54) is 0 Å². The molecule has 0 radical (unpaired) electrons. The Balaban J connectivity index is 2.61. The molecule has 0 unspecified atom stereocenters. The van der Waals surface area contributed by atoms with Crippen molar-refractivity contribution in [1.29, 1.82) is 0 Å². The molecule has 1 atom stereocenters. The van der Waals surface area contributed by atoms with Crippen molar-refractivity contribution in [2.24, 2.45) is 5.73 Å². The van der Waals surface area contributed by atoms with Gasteiger partial charge in [-0.05, 0) is 30.5 Å². The van der Waals surface area contributed by atoms with Gasteiger partial charge in [0.05, 0.1) is 6.04 Å². The van der Waals surface area contributed by atoms with Crippen molar-refractivity contribution in [1.82, 2.24) is 0 Å². The van der Waals surface area contributed by atoms with Gasteiger partial charge in [-0.15, -0.1) is 0 Å². The maximum Gasteiger partial charge on any atom is 0.303 e. The molecule has 0 aliphatic heterocycles. The Morgan fingerprint density at radius 1 is 1.42 bits per heavy atom. The summed E-state index contributed by atoms with van der Waals surface area (Å²) < 4.78 is 0. The van der Waals surface area contributed by atoms with Crippen molar-refractivity contribution in [2.75, 3.05) is 5.32 Å². The van der Waals surface area contributed by atoms with Gasteiger partial charge >= 0.3 is 5.97 Å². The molecule has 0 heterocycles. The summed E-state index contributed by atoms with van der Waals surface area (Å²) in [5, 5.41) is 11.4. The molecule has 1 aromatic rings. The van der Waals surface area contributed by atoms with Crippen molar-refractivity contribution in [3.63, 3.8) is 0 Å². The molecule has 0 aliphatic carbocycles. The lowest BCUT2D eigenvalue weighted by Gasteiger charge is -2.11. The van der Waals surface area contributed by atoms with Crippen molar-refractivity contribution in [3.05, 3.63) is 29.8 Å². The maximum atomic E-state index is 11.7. The topological polar surface area (TPSA) is 92.4 Å². The second-order valence-corrected chi connectivity index (χ2v) is 4.48. The van der Waals surface area contributed by atoms with E-state index in [9.17, 15) is 9.59 Å². The maximum absolute atomic E-state index is 11.7. The highest BCUT2D eigenvalue weighted by molar-refractivity contribution is 5.94. The number of nitrogens with two attached hydrogens (primary N) is 1. The highest BCUT2D eigenvalue weighted by Crippen LogP contribution is 2.13. The Morgan fingerprint density at radius 3 is 2.79 bits per heavy atom. The van der Waals surface area contributed by atoms with Crippen LogP contribution in [-0.4, -0.2) is 23.0 Å². The van der Waals surface area contributed by atoms with Crippen LogP contribution in [0.2, 0.25) is 0 Å². The van der Waals surface area contributed by atoms with Gasteiger partial charge < -0.3 is 16.2 Å². The van der Waals surface area contributed by atoms with E-state index >= 15 is 0 Å². The molecule has 0 aliphatic rings. The van der Waals surface area contributed by atoms with E-state index in [1.807, 2.05) is 13.0 Å². The normalized spacial score (nSPS) is 11.9. The lowest BCUT2D eigenvalue weighted by Crippen LogP contribution is -2.35. The summed E-state index contributed by atoms with van der Waals surface area (Å²) in [4.78, 5) is 22.3. The number of hydrogen-bond donors (Lipinski definition) is 3. The van der Waals surface area contributed by atoms with Crippen LogP contribution in [0.25, 0.3) is 0 Å². The van der Waals surface area contributed by atoms with Crippen molar-refractivity contribution in [3.8, 4) is 0 Å². The van der Waals surface area contributed by atoms with Crippen LogP contribution in [0.15, 0.2) is 24.3 Å². The van der Waals surface area contributed by atoms with Gasteiger partial charge in [0.25, 0.3) is 0 Å². The summed E-state index contributed by atoms with van der Waals surface area (Å²) in [6.45, 7) is 1.97. The number of carbonyl (C=O) groups is 2. The van der Waals surface area contributed by atoms with Crippen LogP contribution in [0.3, 0.4) is 0 Å². The van der Waals surface area contributed by atoms with Gasteiger partial charge in [-0.1, -0.05) is 25.5 Å². The predicted molar refractivity (Wildman–Crippen MR) is 73.9 cm³/mol. The molecule has 4 N–H and O–H groups in total. The Bertz CT molecular complexity index is 446. The summed E-state index contributed by atoms with van der Waals surface area (Å²) in [6.07, 6.45) is 2.02. The SMILES string of the molecule is CCC[C@H](N)C(=O)Nc1cccc(CCC(=O)O)c1. The molecule has 5 nitrogen and oxygen atoms in total. The fourth-order valence-electron chi connectivity index (χ4n) is 1.73. The fraction of sp³-hybridized carbons (Fsp3) is 0.429.